The summed E-state index contributed by atoms with van der Waals surface area (Å²) >= 11 is 0. The van der Waals surface area contributed by atoms with Crippen molar-refractivity contribution in [1.82, 2.24) is 9.88 Å². The fraction of sp³-hybridized carbons (Fsp3) is 0.500. The van der Waals surface area contributed by atoms with Crippen LogP contribution in [-0.4, -0.2) is 49.1 Å². The van der Waals surface area contributed by atoms with Crippen LogP contribution < -0.4 is 4.74 Å². The van der Waals surface area contributed by atoms with E-state index < -0.39 is 0 Å². The van der Waals surface area contributed by atoms with Crippen molar-refractivity contribution in [1.29, 1.82) is 0 Å². The summed E-state index contributed by atoms with van der Waals surface area (Å²) in [4.78, 5) is 29.7. The van der Waals surface area contributed by atoms with Gasteiger partial charge in [0.25, 0.3) is 5.91 Å². The fourth-order valence-corrected chi connectivity index (χ4v) is 2.48. The Balaban J connectivity index is 2.17. The third-order valence-corrected chi connectivity index (χ3v) is 3.64. The quantitative estimate of drug-likeness (QED) is 0.771. The number of nitrogens with zero attached hydrogens (tertiary/aromatic N) is 2. The first-order chi connectivity index (χ1) is 9.58. The molecule has 2 rings (SSSR count). The van der Waals surface area contributed by atoms with Crippen molar-refractivity contribution in [3.05, 3.63) is 24.0 Å². The number of amides is 1. The highest BCUT2D eigenvalue weighted by atomic mass is 16.5. The van der Waals surface area contributed by atoms with Crippen molar-refractivity contribution in [3.63, 3.8) is 0 Å². The van der Waals surface area contributed by atoms with Crippen molar-refractivity contribution in [2.75, 3.05) is 27.3 Å². The van der Waals surface area contributed by atoms with E-state index >= 15 is 0 Å². The summed E-state index contributed by atoms with van der Waals surface area (Å²) in [6.45, 7) is 2.85. The monoisotopic (exact) mass is 278 g/mol. The number of rotatable bonds is 3. The maximum Gasteiger partial charge on any atom is 0.310 e. The Morgan fingerprint density at radius 3 is 2.75 bits per heavy atom. The summed E-state index contributed by atoms with van der Waals surface area (Å²) in [6, 6.07) is 1.62. The Hall–Kier alpha value is -2.11. The first-order valence-corrected chi connectivity index (χ1v) is 6.43. The molecule has 2 unspecified atom stereocenters. The van der Waals surface area contributed by atoms with Crippen LogP contribution in [0, 0.1) is 11.8 Å². The van der Waals surface area contributed by atoms with Gasteiger partial charge in [-0.3, -0.25) is 14.6 Å². The van der Waals surface area contributed by atoms with Gasteiger partial charge in [-0.25, -0.2) is 0 Å². The highest BCUT2D eigenvalue weighted by Crippen LogP contribution is 2.27. The van der Waals surface area contributed by atoms with E-state index in [2.05, 4.69) is 4.98 Å². The van der Waals surface area contributed by atoms with Crippen LogP contribution in [0.5, 0.6) is 5.75 Å². The molecule has 0 spiro atoms. The third kappa shape index (κ3) is 2.59. The van der Waals surface area contributed by atoms with E-state index in [1.54, 1.807) is 17.2 Å². The molecule has 0 bridgehead atoms. The first kappa shape index (κ1) is 14.3. The van der Waals surface area contributed by atoms with Crippen molar-refractivity contribution >= 4 is 11.9 Å². The van der Waals surface area contributed by atoms with Crippen LogP contribution in [0.15, 0.2) is 18.5 Å². The number of hydrogen-bond donors (Lipinski definition) is 0. The van der Waals surface area contributed by atoms with Gasteiger partial charge in [-0.1, -0.05) is 6.92 Å². The highest BCUT2D eigenvalue weighted by molar-refractivity contribution is 5.97. The molecule has 2 heterocycles. The smallest absolute Gasteiger partial charge is 0.310 e. The molecule has 1 fully saturated rings. The maximum absolute atomic E-state index is 12.5. The molecule has 1 aliphatic rings. The Morgan fingerprint density at radius 2 is 2.10 bits per heavy atom. The Morgan fingerprint density at radius 1 is 1.35 bits per heavy atom. The van der Waals surface area contributed by atoms with E-state index in [0.29, 0.717) is 24.4 Å². The van der Waals surface area contributed by atoms with Gasteiger partial charge >= 0.3 is 5.97 Å². The molecule has 6 nitrogen and oxygen atoms in total. The molecule has 0 N–H and O–H groups in total. The third-order valence-electron chi connectivity index (χ3n) is 3.64. The molecule has 0 aromatic carbocycles. The van der Waals surface area contributed by atoms with E-state index in [1.165, 1.54) is 20.4 Å². The molecule has 6 heteroatoms. The zero-order valence-electron chi connectivity index (χ0n) is 11.8. The summed E-state index contributed by atoms with van der Waals surface area (Å²) in [6.07, 6.45) is 3.05. The molecule has 20 heavy (non-hydrogen) atoms. The largest absolute Gasteiger partial charge is 0.494 e. The molecular weight excluding hydrogens is 260 g/mol. The predicted octanol–water partition coefficient (Wildman–Crippen LogP) is 0.971. The van der Waals surface area contributed by atoms with E-state index in [0.717, 1.165) is 0 Å². The molecule has 0 radical (unpaired) electrons. The van der Waals surface area contributed by atoms with E-state index in [4.69, 9.17) is 9.47 Å². The lowest BCUT2D eigenvalue weighted by Crippen LogP contribution is -2.30. The topological polar surface area (TPSA) is 68.7 Å². The summed E-state index contributed by atoms with van der Waals surface area (Å²) < 4.78 is 9.92. The minimum atomic E-state index is -0.269. The molecule has 1 aromatic rings. The molecule has 0 aliphatic carbocycles. The number of carbonyl (C=O) groups is 2. The summed E-state index contributed by atoms with van der Waals surface area (Å²) in [5, 5.41) is 0. The number of pyridine rings is 1. The summed E-state index contributed by atoms with van der Waals surface area (Å²) in [5.74, 6) is -0.167. The molecule has 108 valence electrons. The second-order valence-corrected chi connectivity index (χ2v) is 4.89. The Bertz CT molecular complexity index is 518. The number of aromatic nitrogens is 1. The van der Waals surface area contributed by atoms with Gasteiger partial charge in [0.2, 0.25) is 0 Å². The van der Waals surface area contributed by atoms with Crippen molar-refractivity contribution < 1.29 is 19.1 Å². The number of methoxy groups -OCH3 is 2. The van der Waals surface area contributed by atoms with Crippen LogP contribution in [0.3, 0.4) is 0 Å². The van der Waals surface area contributed by atoms with E-state index in [1.807, 2.05) is 6.92 Å². The number of likely N-dealkylation sites (tertiary alicyclic amines) is 1. The zero-order valence-corrected chi connectivity index (χ0v) is 11.8. The maximum atomic E-state index is 12.5. The molecule has 1 saturated heterocycles. The van der Waals surface area contributed by atoms with Gasteiger partial charge < -0.3 is 14.4 Å². The second-order valence-electron chi connectivity index (χ2n) is 4.89. The molecule has 2 atom stereocenters. The lowest BCUT2D eigenvalue weighted by molar-refractivity contribution is -0.146. The minimum absolute atomic E-state index is 0.0826. The number of esters is 1. The van der Waals surface area contributed by atoms with Gasteiger partial charge in [0.05, 0.1) is 31.9 Å². The number of hydrogen-bond acceptors (Lipinski definition) is 5. The molecule has 1 amide bonds. The molecule has 1 aliphatic heterocycles. The average molecular weight is 278 g/mol. The minimum Gasteiger partial charge on any atom is -0.494 e. The Labute approximate surface area is 117 Å². The SMILES string of the molecule is COC(=O)C1CN(C(=O)c2ccncc2OC)CC1C. The standard InChI is InChI=1S/C14H18N2O4/c1-9-7-16(8-11(9)14(18)20-3)13(17)10-4-5-15-6-12(10)19-2/h4-6,9,11H,7-8H2,1-3H3. The van der Waals surface area contributed by atoms with Gasteiger partial charge in [-0.2, -0.15) is 0 Å². The van der Waals surface area contributed by atoms with Crippen LogP contribution in [-0.2, 0) is 9.53 Å². The highest BCUT2D eigenvalue weighted by Gasteiger charge is 2.38. The van der Waals surface area contributed by atoms with Crippen molar-refractivity contribution in [2.45, 2.75) is 6.92 Å². The number of ether oxygens (including phenoxy) is 2. The van der Waals surface area contributed by atoms with E-state index in [9.17, 15) is 9.59 Å². The zero-order chi connectivity index (χ0) is 14.7. The van der Waals surface area contributed by atoms with Gasteiger partial charge in [0.1, 0.15) is 5.75 Å². The fourth-order valence-electron chi connectivity index (χ4n) is 2.48. The van der Waals surface area contributed by atoms with Crippen LogP contribution in [0.1, 0.15) is 17.3 Å². The van der Waals surface area contributed by atoms with Crippen LogP contribution in [0.4, 0.5) is 0 Å². The van der Waals surface area contributed by atoms with Crippen LogP contribution in [0.25, 0.3) is 0 Å². The summed E-state index contributed by atoms with van der Waals surface area (Å²) in [7, 11) is 2.86. The van der Waals surface area contributed by atoms with Crippen molar-refractivity contribution in [2.24, 2.45) is 11.8 Å². The molecular formula is C14H18N2O4. The van der Waals surface area contributed by atoms with Crippen LogP contribution in [0.2, 0.25) is 0 Å². The summed E-state index contributed by atoms with van der Waals surface area (Å²) in [5.41, 5.74) is 0.459. The van der Waals surface area contributed by atoms with Gasteiger partial charge in [0, 0.05) is 19.3 Å². The number of carbonyl (C=O) groups excluding carboxylic acids is 2. The first-order valence-electron chi connectivity index (χ1n) is 6.43. The van der Waals surface area contributed by atoms with Gasteiger partial charge in [-0.15, -0.1) is 0 Å². The lowest BCUT2D eigenvalue weighted by atomic mass is 9.99. The Kier molecular flexibility index (Phi) is 4.22. The molecule has 1 aromatic heterocycles. The predicted molar refractivity (Wildman–Crippen MR) is 71.4 cm³/mol. The normalized spacial score (nSPS) is 21.6. The van der Waals surface area contributed by atoms with E-state index in [-0.39, 0.29) is 23.7 Å². The van der Waals surface area contributed by atoms with Crippen molar-refractivity contribution in [3.8, 4) is 5.75 Å². The van der Waals surface area contributed by atoms with Gasteiger partial charge in [0.15, 0.2) is 0 Å². The van der Waals surface area contributed by atoms with Crippen LogP contribution >= 0.6 is 0 Å². The average Bonchev–Trinajstić information content (AvgIpc) is 2.87. The molecule has 0 saturated carbocycles. The lowest BCUT2D eigenvalue weighted by Gasteiger charge is -2.17. The van der Waals surface area contributed by atoms with Gasteiger partial charge in [-0.05, 0) is 12.0 Å². The second kappa shape index (κ2) is 5.90.